The van der Waals surface area contributed by atoms with Crippen molar-refractivity contribution in [2.24, 2.45) is 0 Å². The second-order valence-corrected chi connectivity index (χ2v) is 8.20. The van der Waals surface area contributed by atoms with Gasteiger partial charge in [-0.3, -0.25) is 14.4 Å². The Kier molecular flexibility index (Phi) is 26.7. The third kappa shape index (κ3) is 34.1. The molecule has 3 amide bonds. The lowest BCUT2D eigenvalue weighted by molar-refractivity contribution is -0.121. The average molecular weight is 390 g/mol. The molecule has 0 saturated heterocycles. The van der Waals surface area contributed by atoms with Gasteiger partial charge in [-0.15, -0.1) is 0 Å². The molecule has 0 bridgehead atoms. The lowest BCUT2D eigenvalue weighted by Gasteiger charge is -2.05. The molecule has 0 aliphatic carbocycles. The highest BCUT2D eigenvalue weighted by molar-refractivity contribution is 6.23. The van der Waals surface area contributed by atoms with E-state index in [1.165, 1.54) is 13.8 Å². The van der Waals surface area contributed by atoms with Gasteiger partial charge >= 0.3 is 0 Å². The van der Waals surface area contributed by atoms with Crippen LogP contribution in [0.25, 0.3) is 0 Å². The number of rotatable bonds is 10. The summed E-state index contributed by atoms with van der Waals surface area (Å²) in [5.74, 6) is 0.358. The maximum atomic E-state index is 10.9. The minimum Gasteiger partial charge on any atom is -0.356 e. The topological polar surface area (TPSA) is 87.3 Å². The molecule has 0 radical (unpaired) electrons. The highest BCUT2D eigenvalue weighted by Gasteiger charge is 2.03. The van der Waals surface area contributed by atoms with Crippen LogP contribution in [0.4, 0.5) is 0 Å². The van der Waals surface area contributed by atoms with Gasteiger partial charge in [-0.1, -0.05) is 47.0 Å². The number of amides is 3. The van der Waals surface area contributed by atoms with Crippen LogP contribution in [0, 0.1) is 0 Å². The van der Waals surface area contributed by atoms with E-state index in [1.807, 2.05) is 6.92 Å². The molecule has 1 atom stereocenters. The van der Waals surface area contributed by atoms with Crippen LogP contribution < -0.4 is 16.0 Å². The van der Waals surface area contributed by atoms with Gasteiger partial charge in [-0.05, 0) is 19.3 Å². The average Bonchev–Trinajstić information content (AvgIpc) is 2.56. The Bertz CT molecular complexity index is 331. The molecular formula is C19H43N3O3Si. The summed E-state index contributed by atoms with van der Waals surface area (Å²) in [4.78, 5) is 31.4. The van der Waals surface area contributed by atoms with Gasteiger partial charge in [0.15, 0.2) is 0 Å². The van der Waals surface area contributed by atoms with Gasteiger partial charge in [0.05, 0.1) is 0 Å². The van der Waals surface area contributed by atoms with Crippen LogP contribution in [0.2, 0.25) is 5.54 Å². The molecule has 0 aliphatic heterocycles. The molecule has 26 heavy (non-hydrogen) atoms. The Morgan fingerprint density at radius 3 is 1.27 bits per heavy atom. The predicted molar refractivity (Wildman–Crippen MR) is 114 cm³/mol. The number of nitrogens with one attached hydrogen (secondary N) is 3. The molecule has 0 fully saturated rings. The van der Waals surface area contributed by atoms with Gasteiger partial charge in [0, 0.05) is 49.3 Å². The number of hydrogen-bond acceptors (Lipinski definition) is 3. The van der Waals surface area contributed by atoms with E-state index in [4.69, 9.17) is 0 Å². The molecule has 0 heterocycles. The second kappa shape index (κ2) is 23.6. The Labute approximate surface area is 164 Å². The summed E-state index contributed by atoms with van der Waals surface area (Å²) in [6.07, 6.45) is 6.69. The molecule has 6 nitrogen and oxygen atoms in total. The van der Waals surface area contributed by atoms with Crippen LogP contribution >= 0.6 is 0 Å². The van der Waals surface area contributed by atoms with Gasteiger partial charge < -0.3 is 16.0 Å². The van der Waals surface area contributed by atoms with Gasteiger partial charge in [0.1, 0.15) is 0 Å². The third-order valence-corrected chi connectivity index (χ3v) is 3.69. The third-order valence-electron chi connectivity index (χ3n) is 3.16. The summed E-state index contributed by atoms with van der Waals surface area (Å²) in [6, 6.07) is 0. The Balaban J connectivity index is -0.000000308. The van der Waals surface area contributed by atoms with E-state index in [-0.39, 0.29) is 23.3 Å². The second-order valence-electron chi connectivity index (χ2n) is 6.47. The van der Waals surface area contributed by atoms with Crippen molar-refractivity contribution in [1.82, 2.24) is 16.0 Å². The molecule has 156 valence electrons. The quantitative estimate of drug-likeness (QED) is 0.394. The maximum Gasteiger partial charge on any atom is 0.219 e. The van der Waals surface area contributed by atoms with Gasteiger partial charge in [-0.2, -0.15) is 0 Å². The van der Waals surface area contributed by atoms with E-state index in [0.29, 0.717) is 0 Å². The predicted octanol–water partition coefficient (Wildman–Crippen LogP) is 1.92. The minimum atomic E-state index is 0.0680. The van der Waals surface area contributed by atoms with Gasteiger partial charge in [0.25, 0.3) is 0 Å². The lowest BCUT2D eigenvalue weighted by atomic mass is 10.3. The summed E-state index contributed by atoms with van der Waals surface area (Å²) >= 11 is 0. The normalized spacial score (nSPS) is 10.4. The molecule has 0 rings (SSSR count). The molecule has 0 aromatic carbocycles. The zero-order chi connectivity index (χ0) is 20.8. The molecule has 0 spiro atoms. The van der Waals surface area contributed by atoms with Crippen molar-refractivity contribution < 1.29 is 14.4 Å². The summed E-state index contributed by atoms with van der Waals surface area (Å²) in [6.45, 7) is 13.9. The molecule has 3 N–H and O–H groups in total. The number of carbonyl (C=O) groups is 3. The molecule has 7 heteroatoms. The van der Waals surface area contributed by atoms with Crippen molar-refractivity contribution in [3.05, 3.63) is 0 Å². The summed E-state index contributed by atoms with van der Waals surface area (Å²) in [5, 5.41) is 8.29. The van der Waals surface area contributed by atoms with Crippen molar-refractivity contribution in [1.29, 1.82) is 0 Å². The first-order valence-electron chi connectivity index (χ1n) is 9.99. The van der Waals surface area contributed by atoms with Crippen molar-refractivity contribution in [3.63, 3.8) is 0 Å². The number of carbonyl (C=O) groups excluding carboxylic acids is 3. The van der Waals surface area contributed by atoms with E-state index < -0.39 is 0 Å². The van der Waals surface area contributed by atoms with Crippen LogP contribution in [0.1, 0.15) is 80.1 Å². The first-order chi connectivity index (χ1) is 12.2. The van der Waals surface area contributed by atoms with Gasteiger partial charge in [-0.25, -0.2) is 0 Å². The smallest absolute Gasteiger partial charge is 0.219 e. The number of hydrogen-bond donors (Lipinski definition) is 3. The highest BCUT2D eigenvalue weighted by atomic mass is 28.1. The molecule has 0 aromatic heterocycles. The Hall–Kier alpha value is -1.37. The standard InChI is InChI=1S/C7H17NOSi.2C6H13NO/c1-3-4-5-8-7(9)6(2)10;2*1-3-4-5-7-6(2)8/h6H,3-5H2,1-2,10H3,(H,8,9);2*3-5H2,1-2H3,(H,7,8). The first-order valence-corrected chi connectivity index (χ1v) is 11.1. The molecular weight excluding hydrogens is 346 g/mol. The monoisotopic (exact) mass is 389 g/mol. The van der Waals surface area contributed by atoms with Crippen LogP contribution in [0.5, 0.6) is 0 Å². The van der Waals surface area contributed by atoms with Crippen LogP contribution in [-0.4, -0.2) is 47.6 Å². The van der Waals surface area contributed by atoms with Crippen molar-refractivity contribution in [2.45, 2.75) is 85.6 Å². The van der Waals surface area contributed by atoms with Gasteiger partial charge in [0.2, 0.25) is 17.7 Å². The Morgan fingerprint density at radius 1 is 0.731 bits per heavy atom. The zero-order valence-corrected chi connectivity index (χ0v) is 20.2. The highest BCUT2D eigenvalue weighted by Crippen LogP contribution is 1.93. The SMILES string of the molecule is CCCCNC(=O)C(C)[SiH3].CCCCNC(C)=O.CCCCNC(C)=O. The Morgan fingerprint density at radius 2 is 1.04 bits per heavy atom. The van der Waals surface area contributed by atoms with Crippen LogP contribution in [0.3, 0.4) is 0 Å². The minimum absolute atomic E-state index is 0.0680. The fourth-order valence-corrected chi connectivity index (χ4v) is 1.68. The summed E-state index contributed by atoms with van der Waals surface area (Å²) in [5.41, 5.74) is 0.261. The zero-order valence-electron chi connectivity index (χ0n) is 18.2. The fraction of sp³-hybridized carbons (Fsp3) is 0.842. The fourth-order valence-electron chi connectivity index (χ4n) is 1.47. The first kappa shape index (κ1) is 29.4. The van der Waals surface area contributed by atoms with Crippen LogP contribution in [0.15, 0.2) is 0 Å². The molecule has 0 saturated carbocycles. The molecule has 0 aromatic rings. The summed E-state index contributed by atoms with van der Waals surface area (Å²) in [7, 11) is 0.959. The van der Waals surface area contributed by atoms with E-state index in [0.717, 1.165) is 68.4 Å². The maximum absolute atomic E-state index is 10.9. The largest absolute Gasteiger partial charge is 0.356 e. The van der Waals surface area contributed by atoms with Crippen molar-refractivity contribution in [2.75, 3.05) is 19.6 Å². The van der Waals surface area contributed by atoms with E-state index in [1.54, 1.807) is 0 Å². The number of unbranched alkanes of at least 4 members (excludes halogenated alkanes) is 3. The molecule has 0 aliphatic rings. The summed E-state index contributed by atoms with van der Waals surface area (Å²) < 4.78 is 0. The van der Waals surface area contributed by atoms with E-state index >= 15 is 0 Å². The van der Waals surface area contributed by atoms with Crippen molar-refractivity contribution in [3.8, 4) is 0 Å². The van der Waals surface area contributed by atoms with E-state index in [9.17, 15) is 14.4 Å². The van der Waals surface area contributed by atoms with Crippen molar-refractivity contribution >= 4 is 28.0 Å². The van der Waals surface area contributed by atoms with Crippen LogP contribution in [-0.2, 0) is 14.4 Å². The lowest BCUT2D eigenvalue weighted by Crippen LogP contribution is -2.27. The van der Waals surface area contributed by atoms with E-state index in [2.05, 4.69) is 36.7 Å². The molecule has 1 unspecified atom stereocenters.